The minimum Gasteiger partial charge on any atom is -0.491 e. The molecule has 4 heterocycles. The standard InChI is InChI=1S/C66H85FN8O8S2Si2/c1-48-44-58(70-71-60(48)69-63-75(47-80-42-43-86(10,11)12)54-30-19-20-31-56(54)84-63)74(36-22-25-50(46-73-37-40-79-41-38-73)83-87(66(5,6)7,51-26-15-13-16-27-51)52-28-17-14-18-29-52)62-68-59(61(76)78-9)57(85-62)32-23-39-81-55-34-33-49(45-53(55)67)24-21-35-72(8)64(77)82-65(2,3)4/h13-20,26-31,33-34,44-45,50H,22-23,25,32,35-43,46-47H2,1-12H3/b69-63-. The fourth-order valence-corrected chi connectivity index (χ4v) is 17.8. The molecule has 1 saturated heterocycles. The first kappa shape index (κ1) is 66.3. The highest BCUT2D eigenvalue weighted by molar-refractivity contribution is 7.16. The first-order chi connectivity index (χ1) is 41.5. The number of halogens is 1. The van der Waals surface area contributed by atoms with Gasteiger partial charge < -0.3 is 37.9 Å². The van der Waals surface area contributed by atoms with Crippen LogP contribution >= 0.6 is 22.7 Å². The van der Waals surface area contributed by atoms with Gasteiger partial charge in [-0.25, -0.2) is 19.0 Å². The maximum Gasteiger partial charge on any atom is 0.410 e. The number of carbonyl (C=O) groups is 2. The monoisotopic (exact) mass is 1260 g/mol. The Hall–Kier alpha value is -6.62. The minimum absolute atomic E-state index is 0.0683. The summed E-state index contributed by atoms with van der Waals surface area (Å²) in [5, 5.41) is 12.4. The van der Waals surface area contributed by atoms with E-state index in [0.29, 0.717) is 86.0 Å². The molecule has 464 valence electrons. The quantitative estimate of drug-likeness (QED) is 0.0231. The molecule has 1 amide bonds. The number of hydrogen-bond acceptors (Lipinski definition) is 16. The van der Waals surface area contributed by atoms with Gasteiger partial charge in [-0.3, -0.25) is 9.47 Å². The Morgan fingerprint density at radius 3 is 2.21 bits per heavy atom. The second kappa shape index (κ2) is 30.1. The Balaban J connectivity index is 1.09. The number of morpholine rings is 1. The first-order valence-corrected chi connectivity index (χ1v) is 37.1. The lowest BCUT2D eigenvalue weighted by atomic mass is 10.1. The molecule has 1 atom stereocenters. The Kier molecular flexibility index (Phi) is 22.9. The van der Waals surface area contributed by atoms with Crippen molar-refractivity contribution in [3.63, 3.8) is 0 Å². The number of methoxy groups -OCH3 is 1. The minimum atomic E-state index is -2.99. The Bertz CT molecular complexity index is 3510. The second-order valence-electron chi connectivity index (χ2n) is 25.1. The van der Waals surface area contributed by atoms with Gasteiger partial charge in [0.05, 0.1) is 49.8 Å². The summed E-state index contributed by atoms with van der Waals surface area (Å²) in [5.74, 6) is 5.76. The third-order valence-corrected chi connectivity index (χ3v) is 23.7. The van der Waals surface area contributed by atoms with Gasteiger partial charge in [-0.05, 0) is 117 Å². The van der Waals surface area contributed by atoms with E-state index in [-0.39, 0.29) is 35.7 Å². The van der Waals surface area contributed by atoms with Crippen molar-refractivity contribution in [3.05, 3.63) is 142 Å². The number of thiazole rings is 2. The molecular weight excluding hydrogens is 1170 g/mol. The molecule has 0 bridgehead atoms. The molecule has 3 aromatic heterocycles. The van der Waals surface area contributed by atoms with Gasteiger partial charge in [0, 0.05) is 58.3 Å². The lowest BCUT2D eigenvalue weighted by Crippen LogP contribution is -2.68. The number of anilines is 2. The van der Waals surface area contributed by atoms with E-state index >= 15 is 4.39 Å². The van der Waals surface area contributed by atoms with Crippen LogP contribution in [-0.4, -0.2) is 143 Å². The number of aromatic nitrogens is 4. The van der Waals surface area contributed by atoms with E-state index in [9.17, 15) is 9.59 Å². The van der Waals surface area contributed by atoms with Crippen LogP contribution in [0.25, 0.3) is 10.2 Å². The Morgan fingerprint density at radius 1 is 0.874 bits per heavy atom. The molecular formula is C66H85FN8O8S2Si2. The Morgan fingerprint density at radius 2 is 1.56 bits per heavy atom. The number of benzene rings is 4. The summed E-state index contributed by atoms with van der Waals surface area (Å²) in [7, 11) is -1.35. The predicted molar refractivity (Wildman–Crippen MR) is 351 cm³/mol. The van der Waals surface area contributed by atoms with E-state index < -0.39 is 39.9 Å². The van der Waals surface area contributed by atoms with Gasteiger partial charge in [0.15, 0.2) is 38.8 Å². The third-order valence-electron chi connectivity index (χ3n) is 14.7. The zero-order chi connectivity index (χ0) is 62.4. The summed E-state index contributed by atoms with van der Waals surface area (Å²) in [4.78, 5) is 43.5. The van der Waals surface area contributed by atoms with Crippen LogP contribution in [0.3, 0.4) is 0 Å². The predicted octanol–water partition coefficient (Wildman–Crippen LogP) is 12.2. The maximum atomic E-state index is 15.5. The van der Waals surface area contributed by atoms with Gasteiger partial charge in [0.1, 0.15) is 12.3 Å². The fraction of sp³-hybridized carbons (Fsp3) is 0.455. The largest absolute Gasteiger partial charge is 0.491 e. The van der Waals surface area contributed by atoms with Gasteiger partial charge in [0.2, 0.25) is 0 Å². The van der Waals surface area contributed by atoms with E-state index in [1.165, 1.54) is 45.9 Å². The van der Waals surface area contributed by atoms with E-state index in [4.69, 9.17) is 48.3 Å². The molecule has 4 aromatic carbocycles. The number of amides is 1. The highest BCUT2D eigenvalue weighted by Crippen LogP contribution is 2.39. The lowest BCUT2D eigenvalue weighted by Gasteiger charge is -2.46. The highest BCUT2D eigenvalue weighted by Gasteiger charge is 2.51. The maximum absolute atomic E-state index is 15.5. The molecule has 87 heavy (non-hydrogen) atoms. The molecule has 1 fully saturated rings. The van der Waals surface area contributed by atoms with Crippen molar-refractivity contribution >= 4 is 88.5 Å². The van der Waals surface area contributed by atoms with Gasteiger partial charge in [-0.15, -0.1) is 21.5 Å². The topological polar surface area (TPSA) is 155 Å². The van der Waals surface area contributed by atoms with Crippen molar-refractivity contribution < 1.29 is 42.1 Å². The van der Waals surface area contributed by atoms with Gasteiger partial charge >= 0.3 is 12.1 Å². The molecule has 1 unspecified atom stereocenters. The highest BCUT2D eigenvalue weighted by atomic mass is 32.1. The van der Waals surface area contributed by atoms with E-state index in [0.717, 1.165) is 46.3 Å². The number of nitrogens with zero attached hydrogens (tertiary/aromatic N) is 8. The van der Waals surface area contributed by atoms with E-state index in [1.807, 2.05) is 30.0 Å². The van der Waals surface area contributed by atoms with Crippen molar-refractivity contribution in [2.75, 3.05) is 78.2 Å². The summed E-state index contributed by atoms with van der Waals surface area (Å²) >= 11 is 2.96. The molecule has 0 radical (unpaired) electrons. The van der Waals surface area contributed by atoms with Crippen LogP contribution < -0.4 is 24.8 Å². The summed E-state index contributed by atoms with van der Waals surface area (Å²) in [6.45, 7) is 26.7. The van der Waals surface area contributed by atoms with Crippen molar-refractivity contribution in [1.82, 2.24) is 29.5 Å². The molecule has 1 aliphatic heterocycles. The lowest BCUT2D eigenvalue weighted by molar-refractivity contribution is 0.0161. The Labute approximate surface area is 522 Å². The summed E-state index contributed by atoms with van der Waals surface area (Å²) in [6, 6.07) is 37.3. The van der Waals surface area contributed by atoms with Crippen LogP contribution in [0, 0.1) is 24.6 Å². The van der Waals surface area contributed by atoms with Crippen LogP contribution in [0.4, 0.5) is 26.0 Å². The molecule has 8 rings (SSSR count). The summed E-state index contributed by atoms with van der Waals surface area (Å²) in [6.07, 6.45) is 1.50. The molecule has 0 aliphatic carbocycles. The van der Waals surface area contributed by atoms with Crippen molar-refractivity contribution in [2.45, 2.75) is 123 Å². The third kappa shape index (κ3) is 18.0. The zero-order valence-corrected chi connectivity index (χ0v) is 56.2. The normalized spacial score (nSPS) is 13.9. The van der Waals surface area contributed by atoms with Crippen LogP contribution in [0.1, 0.15) is 87.3 Å². The average Bonchev–Trinajstić information content (AvgIpc) is 1.58. The molecule has 0 spiro atoms. The van der Waals surface area contributed by atoms with Crippen molar-refractivity contribution in [1.29, 1.82) is 0 Å². The number of fused-ring (bicyclic) bond motifs is 1. The average molecular weight is 1260 g/mol. The van der Waals surface area contributed by atoms with Crippen molar-refractivity contribution in [2.24, 2.45) is 4.99 Å². The summed E-state index contributed by atoms with van der Waals surface area (Å²) < 4.78 is 55.4. The molecule has 21 heteroatoms. The van der Waals surface area contributed by atoms with Crippen LogP contribution in [-0.2, 0) is 36.5 Å². The second-order valence-corrected chi connectivity index (χ2v) is 37.0. The molecule has 0 N–H and O–H groups in total. The van der Waals surface area contributed by atoms with Gasteiger partial charge in [0.25, 0.3) is 8.32 Å². The molecule has 0 saturated carbocycles. The van der Waals surface area contributed by atoms with Crippen molar-refractivity contribution in [3.8, 4) is 17.6 Å². The molecule has 16 nitrogen and oxygen atoms in total. The molecule has 1 aliphatic rings. The van der Waals surface area contributed by atoms with Crippen LogP contribution in [0.5, 0.6) is 5.75 Å². The summed E-state index contributed by atoms with van der Waals surface area (Å²) in [5.41, 5.74) is 1.82. The van der Waals surface area contributed by atoms with Gasteiger partial charge in [-0.2, -0.15) is 4.99 Å². The van der Waals surface area contributed by atoms with Crippen LogP contribution in [0.2, 0.25) is 30.7 Å². The van der Waals surface area contributed by atoms with E-state index in [1.54, 1.807) is 45.2 Å². The number of para-hydroxylation sites is 1. The van der Waals surface area contributed by atoms with E-state index in [2.05, 4.69) is 135 Å². The number of carbonyl (C=O) groups excluding carboxylic acids is 2. The zero-order valence-electron chi connectivity index (χ0n) is 52.6. The number of rotatable bonds is 25. The SMILES string of the molecule is COC(=O)c1nc(N(CCCC(CN2CCOCC2)O[Si](c2ccccc2)(c2ccccc2)C(C)(C)C)c2cc(C)c(/N=c3\sc4ccccc4n3COCC[Si](C)(C)C)nn2)sc1CCCOc1ccc(C#CCN(C)C(=O)OC(C)(C)C)cc1F. The van der Waals surface area contributed by atoms with Crippen LogP contribution in [0.15, 0.2) is 114 Å². The molecule has 7 aromatic rings. The number of esters is 1. The number of hydrogen-bond donors (Lipinski definition) is 0. The first-order valence-electron chi connectivity index (χ1n) is 29.9. The van der Waals surface area contributed by atoms with Gasteiger partial charge in [-0.1, -0.05) is 136 Å². The number of aryl methyl sites for hydroxylation is 2. The fourth-order valence-electron chi connectivity index (χ4n) is 10.2. The smallest absolute Gasteiger partial charge is 0.410 e. The number of ether oxygens (including phenoxy) is 5.